The largest absolute Gasteiger partial charge is 0.322 e. The van der Waals surface area contributed by atoms with Crippen molar-refractivity contribution in [2.24, 2.45) is 7.05 Å². The van der Waals surface area contributed by atoms with E-state index in [9.17, 15) is 18.8 Å². The van der Waals surface area contributed by atoms with Gasteiger partial charge in [0.1, 0.15) is 16.4 Å². The third kappa shape index (κ3) is 5.23. The van der Waals surface area contributed by atoms with Crippen LogP contribution in [0.15, 0.2) is 40.4 Å². The Balaban J connectivity index is 1.65. The highest BCUT2D eigenvalue weighted by molar-refractivity contribution is 7.99. The van der Waals surface area contributed by atoms with Gasteiger partial charge in [0.25, 0.3) is 11.5 Å². The molecule has 150 valence electrons. The van der Waals surface area contributed by atoms with Gasteiger partial charge in [0.2, 0.25) is 11.0 Å². The summed E-state index contributed by atoms with van der Waals surface area (Å²) in [6.45, 7) is 1.77. The quantitative estimate of drug-likeness (QED) is 0.450. The first-order valence-electron chi connectivity index (χ1n) is 8.19. The Labute approximate surface area is 172 Å². The number of anilines is 2. The van der Waals surface area contributed by atoms with Gasteiger partial charge in [-0.1, -0.05) is 23.1 Å². The van der Waals surface area contributed by atoms with E-state index in [0.29, 0.717) is 10.8 Å². The monoisotopic (exact) mass is 434 g/mol. The lowest BCUT2D eigenvalue weighted by molar-refractivity contribution is -0.113. The van der Waals surface area contributed by atoms with Crippen LogP contribution in [-0.4, -0.2) is 37.3 Å². The van der Waals surface area contributed by atoms with E-state index in [1.807, 2.05) is 0 Å². The summed E-state index contributed by atoms with van der Waals surface area (Å²) in [4.78, 5) is 40.9. The van der Waals surface area contributed by atoms with Crippen molar-refractivity contribution < 1.29 is 14.0 Å². The van der Waals surface area contributed by atoms with Crippen LogP contribution >= 0.6 is 23.1 Å². The zero-order valence-corrected chi connectivity index (χ0v) is 16.9. The highest BCUT2D eigenvalue weighted by Crippen LogP contribution is 2.17. The predicted octanol–water partition coefficient (Wildman–Crippen LogP) is 2.06. The Hall–Kier alpha value is -3.12. The second-order valence-electron chi connectivity index (χ2n) is 5.74. The molecule has 0 unspecified atom stereocenters. The number of carbonyl (C=O) groups is 2. The Morgan fingerprint density at radius 1 is 1.21 bits per heavy atom. The maximum Gasteiger partial charge on any atom is 0.266 e. The van der Waals surface area contributed by atoms with Crippen LogP contribution in [0.5, 0.6) is 0 Å². The van der Waals surface area contributed by atoms with Gasteiger partial charge in [0.05, 0.1) is 5.75 Å². The molecule has 0 aliphatic rings. The minimum absolute atomic E-state index is 0.0000299. The topological polar surface area (TPSA) is 119 Å². The first-order valence-corrected chi connectivity index (χ1v) is 9.99. The number of aromatic nitrogens is 4. The Morgan fingerprint density at radius 2 is 1.93 bits per heavy atom. The molecule has 0 bridgehead atoms. The molecule has 0 radical (unpaired) electrons. The third-order valence-electron chi connectivity index (χ3n) is 3.58. The van der Waals surface area contributed by atoms with Crippen molar-refractivity contribution in [1.82, 2.24) is 19.7 Å². The minimum Gasteiger partial charge on any atom is -0.322 e. The molecule has 29 heavy (non-hydrogen) atoms. The molecule has 0 saturated carbocycles. The number of nitrogens with zero attached hydrogens (tertiary/aromatic N) is 4. The average Bonchev–Trinajstić information content (AvgIpc) is 3.09. The molecule has 0 atom stereocenters. The molecule has 2 aromatic heterocycles. The van der Waals surface area contributed by atoms with Gasteiger partial charge in [0, 0.05) is 18.9 Å². The van der Waals surface area contributed by atoms with Gasteiger partial charge in [-0.3, -0.25) is 24.3 Å². The van der Waals surface area contributed by atoms with Gasteiger partial charge in [-0.25, -0.2) is 9.37 Å². The molecule has 2 amide bonds. The molecule has 0 saturated heterocycles. The van der Waals surface area contributed by atoms with Gasteiger partial charge in [-0.15, -0.1) is 10.2 Å². The van der Waals surface area contributed by atoms with Crippen LogP contribution in [0.2, 0.25) is 0 Å². The maximum absolute atomic E-state index is 12.9. The number of hydrogen-bond acceptors (Lipinski definition) is 8. The SMILES string of the molecule is Cc1nnc(NC(=O)CSc2ncc(C(=O)Nc3ccc(F)cc3)c(=O)n2C)s1. The fraction of sp³-hybridized carbons (Fsp3) is 0.176. The van der Waals surface area contributed by atoms with E-state index in [4.69, 9.17) is 0 Å². The fourth-order valence-corrected chi connectivity index (χ4v) is 3.53. The minimum atomic E-state index is -0.661. The van der Waals surface area contributed by atoms with Gasteiger partial charge < -0.3 is 5.32 Å². The summed E-state index contributed by atoms with van der Waals surface area (Å²) in [5.74, 6) is -1.42. The second kappa shape index (κ2) is 8.92. The normalized spacial score (nSPS) is 10.6. The molecule has 0 fully saturated rings. The molecule has 12 heteroatoms. The number of hydrogen-bond donors (Lipinski definition) is 2. The predicted molar refractivity (Wildman–Crippen MR) is 108 cm³/mol. The summed E-state index contributed by atoms with van der Waals surface area (Å²) in [5, 5.41) is 14.1. The van der Waals surface area contributed by atoms with Crippen LogP contribution in [0.1, 0.15) is 15.4 Å². The van der Waals surface area contributed by atoms with E-state index in [0.717, 1.165) is 23.0 Å². The van der Waals surface area contributed by atoms with Crippen LogP contribution in [0.25, 0.3) is 0 Å². The van der Waals surface area contributed by atoms with Crippen molar-refractivity contribution in [1.29, 1.82) is 0 Å². The highest BCUT2D eigenvalue weighted by Gasteiger charge is 2.16. The molecule has 1 aromatic carbocycles. The van der Waals surface area contributed by atoms with Gasteiger partial charge in [-0.05, 0) is 31.2 Å². The van der Waals surface area contributed by atoms with Gasteiger partial charge >= 0.3 is 0 Å². The Bertz CT molecular complexity index is 1110. The summed E-state index contributed by atoms with van der Waals surface area (Å²) < 4.78 is 14.1. The van der Waals surface area contributed by atoms with Crippen molar-refractivity contribution in [2.75, 3.05) is 16.4 Å². The van der Waals surface area contributed by atoms with E-state index < -0.39 is 17.3 Å². The smallest absolute Gasteiger partial charge is 0.266 e. The van der Waals surface area contributed by atoms with Crippen LogP contribution in [0.4, 0.5) is 15.2 Å². The Morgan fingerprint density at radius 3 is 2.59 bits per heavy atom. The second-order valence-corrected chi connectivity index (χ2v) is 7.87. The van der Waals surface area contributed by atoms with E-state index in [1.54, 1.807) is 6.92 Å². The lowest BCUT2D eigenvalue weighted by Crippen LogP contribution is -2.29. The first-order chi connectivity index (χ1) is 13.8. The molecule has 2 N–H and O–H groups in total. The van der Waals surface area contributed by atoms with Crippen molar-refractivity contribution in [3.8, 4) is 0 Å². The van der Waals surface area contributed by atoms with E-state index >= 15 is 0 Å². The lowest BCUT2D eigenvalue weighted by atomic mass is 10.2. The number of thioether (sulfide) groups is 1. The van der Waals surface area contributed by atoms with Crippen LogP contribution in [0.3, 0.4) is 0 Å². The standard InChI is InChI=1S/C17H15FN6O3S2/c1-9-22-23-16(29-9)21-13(25)8-28-17-19-7-12(15(27)24(17)2)14(26)20-11-5-3-10(18)4-6-11/h3-7H,8H2,1-2H3,(H,20,26)(H,21,23,25). The van der Waals surface area contributed by atoms with Crippen molar-refractivity contribution in [3.05, 3.63) is 57.2 Å². The molecule has 3 aromatic rings. The van der Waals surface area contributed by atoms with Crippen molar-refractivity contribution >= 4 is 45.7 Å². The summed E-state index contributed by atoms with van der Waals surface area (Å²) in [6, 6.07) is 5.15. The summed E-state index contributed by atoms with van der Waals surface area (Å²) in [7, 11) is 1.46. The fourth-order valence-electron chi connectivity index (χ4n) is 2.18. The first kappa shape index (κ1) is 20.6. The summed E-state index contributed by atoms with van der Waals surface area (Å²) in [6.07, 6.45) is 1.15. The molecule has 2 heterocycles. The lowest BCUT2D eigenvalue weighted by Gasteiger charge is -2.09. The number of aryl methyl sites for hydroxylation is 1. The number of benzene rings is 1. The number of rotatable bonds is 6. The molecule has 9 nitrogen and oxygen atoms in total. The number of halogens is 1. The zero-order chi connectivity index (χ0) is 21.0. The number of amides is 2. The highest BCUT2D eigenvalue weighted by atomic mass is 32.2. The third-order valence-corrected chi connectivity index (χ3v) is 5.38. The van der Waals surface area contributed by atoms with Gasteiger partial charge in [-0.2, -0.15) is 0 Å². The van der Waals surface area contributed by atoms with E-state index in [2.05, 4.69) is 25.8 Å². The molecule has 0 spiro atoms. The molecular formula is C17H15FN6O3S2. The number of nitrogens with one attached hydrogen (secondary N) is 2. The molecular weight excluding hydrogens is 419 g/mol. The van der Waals surface area contributed by atoms with Crippen LogP contribution < -0.4 is 16.2 Å². The van der Waals surface area contributed by atoms with Crippen molar-refractivity contribution in [3.63, 3.8) is 0 Å². The van der Waals surface area contributed by atoms with Crippen LogP contribution in [0, 0.1) is 12.7 Å². The zero-order valence-electron chi connectivity index (χ0n) is 15.3. The summed E-state index contributed by atoms with van der Waals surface area (Å²) in [5.41, 5.74) is -0.391. The molecule has 0 aliphatic carbocycles. The Kier molecular flexibility index (Phi) is 6.34. The van der Waals surface area contributed by atoms with Crippen molar-refractivity contribution in [2.45, 2.75) is 12.1 Å². The van der Waals surface area contributed by atoms with E-state index in [1.165, 1.54) is 47.2 Å². The van der Waals surface area contributed by atoms with Gasteiger partial charge in [0.15, 0.2) is 5.16 Å². The van der Waals surface area contributed by atoms with E-state index in [-0.39, 0.29) is 22.4 Å². The molecule has 0 aliphatic heterocycles. The van der Waals surface area contributed by atoms with Crippen LogP contribution in [-0.2, 0) is 11.8 Å². The summed E-state index contributed by atoms with van der Waals surface area (Å²) >= 11 is 2.29. The molecule has 3 rings (SSSR count). The number of carbonyl (C=O) groups excluding carboxylic acids is 2. The average molecular weight is 434 g/mol. The maximum atomic E-state index is 12.9.